The largest absolute Gasteiger partial charge is 0.497 e. The van der Waals surface area contributed by atoms with Crippen molar-refractivity contribution < 1.29 is 23.6 Å². The van der Waals surface area contributed by atoms with Crippen molar-refractivity contribution in [1.82, 2.24) is 15.5 Å². The number of ether oxygens (including phenoxy) is 2. The van der Waals surface area contributed by atoms with Crippen LogP contribution in [0.15, 0.2) is 53.1 Å². The third-order valence-electron chi connectivity index (χ3n) is 3.65. The molecule has 2 aromatic carbocycles. The molecule has 144 valence electrons. The molecule has 0 fully saturated rings. The highest BCUT2D eigenvalue weighted by atomic mass is 35.5. The Morgan fingerprint density at radius 1 is 1.18 bits per heavy atom. The Morgan fingerprint density at radius 3 is 2.68 bits per heavy atom. The molecule has 0 aliphatic carbocycles. The number of carbonyl (C=O) groups is 2. The fraction of sp³-hybridized carbons (Fsp3) is 0.158. The lowest BCUT2D eigenvalue weighted by Gasteiger charge is -2.06. The zero-order valence-corrected chi connectivity index (χ0v) is 15.6. The highest BCUT2D eigenvalue weighted by molar-refractivity contribution is 6.30. The standard InChI is InChI=1S/C19H16ClN3O5/c1-26-15-7-5-12(6-8-15)19(25)21-10-17(24)27-11-16-22-18(23-28-16)13-3-2-4-14(20)9-13/h2-9H,10-11H2,1H3,(H,21,25). The maximum absolute atomic E-state index is 12.0. The van der Waals surface area contributed by atoms with Crippen LogP contribution in [0.4, 0.5) is 0 Å². The Morgan fingerprint density at radius 2 is 1.96 bits per heavy atom. The molecule has 0 aliphatic rings. The van der Waals surface area contributed by atoms with Crippen LogP contribution in [-0.4, -0.2) is 35.7 Å². The second kappa shape index (κ2) is 9.01. The van der Waals surface area contributed by atoms with Gasteiger partial charge in [-0.2, -0.15) is 4.98 Å². The van der Waals surface area contributed by atoms with E-state index in [0.717, 1.165) is 0 Å². The van der Waals surface area contributed by atoms with Gasteiger partial charge in [-0.3, -0.25) is 9.59 Å². The minimum absolute atomic E-state index is 0.129. The number of hydrogen-bond acceptors (Lipinski definition) is 7. The smallest absolute Gasteiger partial charge is 0.325 e. The summed E-state index contributed by atoms with van der Waals surface area (Å²) >= 11 is 5.93. The molecular weight excluding hydrogens is 386 g/mol. The average molecular weight is 402 g/mol. The van der Waals surface area contributed by atoms with Crippen molar-refractivity contribution >= 4 is 23.5 Å². The van der Waals surface area contributed by atoms with Crippen LogP contribution in [0.5, 0.6) is 5.75 Å². The number of methoxy groups -OCH3 is 1. The summed E-state index contributed by atoms with van der Waals surface area (Å²) in [7, 11) is 1.53. The summed E-state index contributed by atoms with van der Waals surface area (Å²) in [4.78, 5) is 27.9. The number of nitrogens with zero attached hydrogens (tertiary/aromatic N) is 2. The zero-order valence-electron chi connectivity index (χ0n) is 14.8. The summed E-state index contributed by atoms with van der Waals surface area (Å²) in [6.07, 6.45) is 0. The van der Waals surface area contributed by atoms with E-state index in [0.29, 0.717) is 27.7 Å². The summed E-state index contributed by atoms with van der Waals surface area (Å²) in [5, 5.41) is 6.84. The molecule has 28 heavy (non-hydrogen) atoms. The van der Waals surface area contributed by atoms with Gasteiger partial charge < -0.3 is 19.3 Å². The molecule has 8 nitrogen and oxygen atoms in total. The van der Waals surface area contributed by atoms with E-state index in [1.54, 1.807) is 48.5 Å². The van der Waals surface area contributed by atoms with Gasteiger partial charge in [0.05, 0.1) is 7.11 Å². The van der Waals surface area contributed by atoms with E-state index in [1.807, 2.05) is 0 Å². The second-order valence-electron chi connectivity index (χ2n) is 5.59. The van der Waals surface area contributed by atoms with Crippen LogP contribution in [0.1, 0.15) is 16.2 Å². The van der Waals surface area contributed by atoms with Gasteiger partial charge in [0.15, 0.2) is 6.61 Å². The van der Waals surface area contributed by atoms with Crippen LogP contribution >= 0.6 is 11.6 Å². The van der Waals surface area contributed by atoms with Crippen molar-refractivity contribution in [3.8, 4) is 17.1 Å². The summed E-state index contributed by atoms with van der Waals surface area (Å²) in [5.74, 6) is 0.0591. The van der Waals surface area contributed by atoms with Crippen LogP contribution in [0.3, 0.4) is 0 Å². The molecule has 1 N–H and O–H groups in total. The highest BCUT2D eigenvalue weighted by Gasteiger charge is 2.13. The average Bonchev–Trinajstić information content (AvgIpc) is 3.19. The number of nitrogens with one attached hydrogen (secondary N) is 1. The van der Waals surface area contributed by atoms with Gasteiger partial charge in [-0.1, -0.05) is 28.9 Å². The van der Waals surface area contributed by atoms with E-state index in [-0.39, 0.29) is 19.0 Å². The molecule has 0 aliphatic heterocycles. The predicted octanol–water partition coefficient (Wildman–Crippen LogP) is 2.87. The molecule has 1 heterocycles. The van der Waals surface area contributed by atoms with E-state index < -0.39 is 11.9 Å². The molecule has 3 rings (SSSR count). The molecule has 1 amide bonds. The first kappa shape index (κ1) is 19.4. The number of aromatic nitrogens is 2. The van der Waals surface area contributed by atoms with Crippen LogP contribution in [0, 0.1) is 0 Å². The number of rotatable bonds is 7. The predicted molar refractivity (Wildman–Crippen MR) is 99.9 cm³/mol. The van der Waals surface area contributed by atoms with Gasteiger partial charge in [0, 0.05) is 16.1 Å². The number of carbonyl (C=O) groups excluding carboxylic acids is 2. The Hall–Kier alpha value is -3.39. The van der Waals surface area contributed by atoms with Crippen molar-refractivity contribution in [2.75, 3.05) is 13.7 Å². The maximum Gasteiger partial charge on any atom is 0.325 e. The molecule has 1 aromatic heterocycles. The lowest BCUT2D eigenvalue weighted by molar-refractivity contribution is -0.144. The van der Waals surface area contributed by atoms with Crippen molar-refractivity contribution in [3.05, 3.63) is 65.0 Å². The first-order chi connectivity index (χ1) is 13.5. The molecule has 0 atom stereocenters. The third-order valence-corrected chi connectivity index (χ3v) is 3.89. The van der Waals surface area contributed by atoms with Gasteiger partial charge in [-0.05, 0) is 36.4 Å². The molecule has 0 radical (unpaired) electrons. The quantitative estimate of drug-likeness (QED) is 0.607. The lowest BCUT2D eigenvalue weighted by Crippen LogP contribution is -2.30. The summed E-state index contributed by atoms with van der Waals surface area (Å²) in [5.41, 5.74) is 1.08. The SMILES string of the molecule is COc1ccc(C(=O)NCC(=O)OCc2nc(-c3cccc(Cl)c3)no2)cc1. The van der Waals surface area contributed by atoms with E-state index in [1.165, 1.54) is 7.11 Å². The number of esters is 1. The minimum Gasteiger partial charge on any atom is -0.497 e. The summed E-state index contributed by atoms with van der Waals surface area (Å²) in [6, 6.07) is 13.5. The Kier molecular flexibility index (Phi) is 6.23. The van der Waals surface area contributed by atoms with Gasteiger partial charge in [-0.15, -0.1) is 0 Å². The molecule has 0 spiro atoms. The molecule has 3 aromatic rings. The van der Waals surface area contributed by atoms with Gasteiger partial charge in [0.25, 0.3) is 11.8 Å². The van der Waals surface area contributed by atoms with Gasteiger partial charge in [0.2, 0.25) is 5.82 Å². The summed E-state index contributed by atoms with van der Waals surface area (Å²) in [6.45, 7) is -0.495. The Bertz CT molecular complexity index is 972. The fourth-order valence-corrected chi connectivity index (χ4v) is 2.44. The van der Waals surface area contributed by atoms with E-state index >= 15 is 0 Å². The van der Waals surface area contributed by atoms with Crippen molar-refractivity contribution in [3.63, 3.8) is 0 Å². The maximum atomic E-state index is 12.0. The Balaban J connectivity index is 1.47. The number of hydrogen-bond donors (Lipinski definition) is 1. The normalized spacial score (nSPS) is 10.4. The van der Waals surface area contributed by atoms with Crippen molar-refractivity contribution in [2.45, 2.75) is 6.61 Å². The summed E-state index contributed by atoms with van der Waals surface area (Å²) < 4.78 is 15.1. The van der Waals surface area contributed by atoms with Gasteiger partial charge in [-0.25, -0.2) is 0 Å². The molecular formula is C19H16ClN3O5. The lowest BCUT2D eigenvalue weighted by atomic mass is 10.2. The molecule has 0 bridgehead atoms. The highest BCUT2D eigenvalue weighted by Crippen LogP contribution is 2.20. The first-order valence-corrected chi connectivity index (χ1v) is 8.59. The van der Waals surface area contributed by atoms with Crippen LogP contribution in [0.25, 0.3) is 11.4 Å². The number of amides is 1. The molecule has 0 saturated carbocycles. The molecule has 9 heteroatoms. The van der Waals surface area contributed by atoms with Gasteiger partial charge in [0.1, 0.15) is 12.3 Å². The van der Waals surface area contributed by atoms with Crippen LogP contribution in [-0.2, 0) is 16.1 Å². The topological polar surface area (TPSA) is 104 Å². The first-order valence-electron chi connectivity index (χ1n) is 8.21. The molecule has 0 unspecified atom stereocenters. The monoisotopic (exact) mass is 401 g/mol. The van der Waals surface area contributed by atoms with Crippen molar-refractivity contribution in [1.29, 1.82) is 0 Å². The number of halogens is 1. The zero-order chi connectivity index (χ0) is 19.9. The van der Waals surface area contributed by atoms with E-state index in [4.69, 9.17) is 25.6 Å². The van der Waals surface area contributed by atoms with Crippen LogP contribution < -0.4 is 10.1 Å². The minimum atomic E-state index is -0.635. The Labute approximate surface area is 165 Å². The van der Waals surface area contributed by atoms with E-state index in [9.17, 15) is 9.59 Å². The van der Waals surface area contributed by atoms with Gasteiger partial charge >= 0.3 is 5.97 Å². The van der Waals surface area contributed by atoms with E-state index in [2.05, 4.69) is 15.5 Å². The van der Waals surface area contributed by atoms with Crippen LogP contribution in [0.2, 0.25) is 5.02 Å². The number of benzene rings is 2. The third kappa shape index (κ3) is 5.08. The second-order valence-corrected chi connectivity index (χ2v) is 6.03. The van der Waals surface area contributed by atoms with Crippen molar-refractivity contribution in [2.24, 2.45) is 0 Å². The fourth-order valence-electron chi connectivity index (χ4n) is 2.25. The molecule has 0 saturated heterocycles.